The standard InChI is InChI=1S/C14H23N3O3/c18-12-3-2-10-8-17(9-11(10)12)14(20)13(19)16-6-1-4-15-5-7-16/h10-12,15,18H,1-9H2. The molecule has 3 atom stereocenters. The molecular weight excluding hydrogens is 258 g/mol. The van der Waals surface area contributed by atoms with Gasteiger partial charge in [0.1, 0.15) is 0 Å². The van der Waals surface area contributed by atoms with E-state index in [-0.39, 0.29) is 23.8 Å². The fraction of sp³-hybridized carbons (Fsp3) is 0.857. The molecule has 3 unspecified atom stereocenters. The molecule has 0 aromatic carbocycles. The fourth-order valence-electron chi connectivity index (χ4n) is 3.72. The van der Waals surface area contributed by atoms with Crippen LogP contribution in [0.25, 0.3) is 0 Å². The first-order valence-corrected chi connectivity index (χ1v) is 7.64. The second-order valence-corrected chi connectivity index (χ2v) is 6.17. The SMILES string of the molecule is O=C(C(=O)N1CC2CCC(O)C2C1)N1CCCNCC1. The van der Waals surface area contributed by atoms with Gasteiger partial charge in [-0.25, -0.2) is 0 Å². The van der Waals surface area contributed by atoms with Crippen LogP contribution >= 0.6 is 0 Å². The lowest BCUT2D eigenvalue weighted by Gasteiger charge is -2.23. The second kappa shape index (κ2) is 5.69. The summed E-state index contributed by atoms with van der Waals surface area (Å²) in [5.41, 5.74) is 0. The number of aliphatic hydroxyl groups is 1. The Hall–Kier alpha value is -1.14. The van der Waals surface area contributed by atoms with Gasteiger partial charge in [-0.1, -0.05) is 0 Å². The Morgan fingerprint density at radius 3 is 2.60 bits per heavy atom. The smallest absolute Gasteiger partial charge is 0.312 e. The molecule has 2 amide bonds. The summed E-state index contributed by atoms with van der Waals surface area (Å²) in [6.45, 7) is 4.09. The number of rotatable bonds is 0. The van der Waals surface area contributed by atoms with E-state index in [2.05, 4.69) is 5.32 Å². The normalized spacial score (nSPS) is 34.0. The minimum absolute atomic E-state index is 0.178. The molecule has 3 aliphatic rings. The molecule has 20 heavy (non-hydrogen) atoms. The van der Waals surface area contributed by atoms with Crippen molar-refractivity contribution in [2.75, 3.05) is 39.3 Å². The molecule has 2 N–H and O–H groups in total. The van der Waals surface area contributed by atoms with E-state index >= 15 is 0 Å². The summed E-state index contributed by atoms with van der Waals surface area (Å²) in [7, 11) is 0. The molecule has 2 heterocycles. The zero-order valence-electron chi connectivity index (χ0n) is 11.8. The molecule has 6 heteroatoms. The van der Waals surface area contributed by atoms with Crippen LogP contribution in [0.5, 0.6) is 0 Å². The predicted molar refractivity (Wildman–Crippen MR) is 72.9 cm³/mol. The van der Waals surface area contributed by atoms with Crippen LogP contribution in [0, 0.1) is 11.8 Å². The van der Waals surface area contributed by atoms with E-state index < -0.39 is 0 Å². The number of fused-ring (bicyclic) bond motifs is 1. The van der Waals surface area contributed by atoms with Gasteiger partial charge < -0.3 is 20.2 Å². The van der Waals surface area contributed by atoms with Crippen molar-refractivity contribution in [2.24, 2.45) is 11.8 Å². The van der Waals surface area contributed by atoms with Crippen LogP contribution in [0.2, 0.25) is 0 Å². The van der Waals surface area contributed by atoms with E-state index in [9.17, 15) is 14.7 Å². The largest absolute Gasteiger partial charge is 0.393 e. The maximum absolute atomic E-state index is 12.3. The number of nitrogens with one attached hydrogen (secondary N) is 1. The van der Waals surface area contributed by atoms with Gasteiger partial charge in [0.15, 0.2) is 0 Å². The summed E-state index contributed by atoms with van der Waals surface area (Å²) >= 11 is 0. The lowest BCUT2D eigenvalue weighted by molar-refractivity contribution is -0.151. The molecule has 3 rings (SSSR count). The third-order valence-electron chi connectivity index (χ3n) is 4.92. The van der Waals surface area contributed by atoms with Gasteiger partial charge in [-0.05, 0) is 31.7 Å². The second-order valence-electron chi connectivity index (χ2n) is 6.17. The summed E-state index contributed by atoms with van der Waals surface area (Å²) in [6, 6.07) is 0. The third kappa shape index (κ3) is 2.54. The Morgan fingerprint density at radius 1 is 1.00 bits per heavy atom. The van der Waals surface area contributed by atoms with Crippen molar-refractivity contribution in [1.29, 1.82) is 0 Å². The van der Waals surface area contributed by atoms with E-state index in [4.69, 9.17) is 0 Å². The molecule has 0 radical (unpaired) electrons. The predicted octanol–water partition coefficient (Wildman–Crippen LogP) is -0.962. The molecule has 2 saturated heterocycles. The van der Waals surface area contributed by atoms with Crippen LogP contribution in [0.4, 0.5) is 0 Å². The number of carbonyl (C=O) groups is 2. The monoisotopic (exact) mass is 281 g/mol. The first-order chi connectivity index (χ1) is 9.66. The first kappa shape index (κ1) is 13.8. The minimum Gasteiger partial charge on any atom is -0.393 e. The maximum atomic E-state index is 12.3. The highest BCUT2D eigenvalue weighted by Crippen LogP contribution is 2.38. The zero-order valence-corrected chi connectivity index (χ0v) is 11.8. The van der Waals surface area contributed by atoms with Crippen molar-refractivity contribution in [1.82, 2.24) is 15.1 Å². The lowest BCUT2D eigenvalue weighted by atomic mass is 10.00. The van der Waals surface area contributed by atoms with Crippen molar-refractivity contribution in [3.05, 3.63) is 0 Å². The summed E-state index contributed by atoms with van der Waals surface area (Å²) in [5.74, 6) is -0.193. The van der Waals surface area contributed by atoms with Crippen LogP contribution in [0.3, 0.4) is 0 Å². The Labute approximate surface area is 119 Å². The van der Waals surface area contributed by atoms with Crippen molar-refractivity contribution in [3.8, 4) is 0 Å². The molecule has 0 aromatic rings. The highest BCUT2D eigenvalue weighted by molar-refractivity contribution is 6.35. The van der Waals surface area contributed by atoms with E-state index in [1.165, 1.54) is 0 Å². The molecule has 0 spiro atoms. The summed E-state index contributed by atoms with van der Waals surface area (Å²) in [4.78, 5) is 27.9. The molecular formula is C14H23N3O3. The van der Waals surface area contributed by atoms with Gasteiger partial charge in [-0.2, -0.15) is 0 Å². The van der Waals surface area contributed by atoms with Crippen LogP contribution in [0.15, 0.2) is 0 Å². The van der Waals surface area contributed by atoms with E-state index in [1.54, 1.807) is 9.80 Å². The number of hydrogen-bond acceptors (Lipinski definition) is 4. The molecule has 2 aliphatic heterocycles. The molecule has 1 saturated carbocycles. The van der Waals surface area contributed by atoms with Gasteiger partial charge >= 0.3 is 11.8 Å². The quantitative estimate of drug-likeness (QED) is 0.561. The van der Waals surface area contributed by atoms with Crippen molar-refractivity contribution >= 4 is 11.8 Å². The van der Waals surface area contributed by atoms with Crippen molar-refractivity contribution in [2.45, 2.75) is 25.4 Å². The Balaban J connectivity index is 1.60. The molecule has 0 aromatic heterocycles. The lowest BCUT2D eigenvalue weighted by Crippen LogP contribution is -2.46. The number of hydrogen-bond donors (Lipinski definition) is 2. The number of likely N-dealkylation sites (tertiary alicyclic amines) is 1. The fourth-order valence-corrected chi connectivity index (χ4v) is 3.72. The van der Waals surface area contributed by atoms with Crippen molar-refractivity contribution in [3.63, 3.8) is 0 Å². The number of carbonyl (C=O) groups excluding carboxylic acids is 2. The Morgan fingerprint density at radius 2 is 1.80 bits per heavy atom. The number of nitrogens with zero attached hydrogens (tertiary/aromatic N) is 2. The van der Waals surface area contributed by atoms with Gasteiger partial charge in [0, 0.05) is 38.6 Å². The average molecular weight is 281 g/mol. The van der Waals surface area contributed by atoms with Gasteiger partial charge in [-0.3, -0.25) is 9.59 Å². The molecule has 1 aliphatic carbocycles. The van der Waals surface area contributed by atoms with Crippen LogP contribution in [-0.4, -0.2) is 72.1 Å². The molecule has 0 bridgehead atoms. The van der Waals surface area contributed by atoms with Crippen LogP contribution in [-0.2, 0) is 9.59 Å². The molecule has 6 nitrogen and oxygen atoms in total. The van der Waals surface area contributed by atoms with Crippen LogP contribution < -0.4 is 5.32 Å². The summed E-state index contributed by atoms with van der Waals surface area (Å²) in [6.07, 6.45) is 2.40. The third-order valence-corrected chi connectivity index (χ3v) is 4.92. The first-order valence-electron chi connectivity index (χ1n) is 7.64. The van der Waals surface area contributed by atoms with Crippen LogP contribution in [0.1, 0.15) is 19.3 Å². The molecule has 3 fully saturated rings. The highest BCUT2D eigenvalue weighted by atomic mass is 16.3. The Bertz CT molecular complexity index is 393. The van der Waals surface area contributed by atoms with E-state index in [1.807, 2.05) is 0 Å². The highest BCUT2D eigenvalue weighted by Gasteiger charge is 2.44. The number of aliphatic hydroxyl groups excluding tert-OH is 1. The topological polar surface area (TPSA) is 72.9 Å². The maximum Gasteiger partial charge on any atom is 0.312 e. The van der Waals surface area contributed by atoms with Gasteiger partial charge in [0.05, 0.1) is 6.10 Å². The minimum atomic E-state index is -0.381. The van der Waals surface area contributed by atoms with Gasteiger partial charge in [-0.15, -0.1) is 0 Å². The van der Waals surface area contributed by atoms with E-state index in [0.717, 1.165) is 32.4 Å². The summed E-state index contributed by atoms with van der Waals surface area (Å²) < 4.78 is 0. The van der Waals surface area contributed by atoms with Crippen molar-refractivity contribution < 1.29 is 14.7 Å². The van der Waals surface area contributed by atoms with Gasteiger partial charge in [0.2, 0.25) is 0 Å². The Kier molecular flexibility index (Phi) is 3.94. The summed E-state index contributed by atoms with van der Waals surface area (Å²) in [5, 5.41) is 13.1. The molecule has 112 valence electrons. The average Bonchev–Trinajstić information content (AvgIpc) is 2.89. The van der Waals surface area contributed by atoms with E-state index in [0.29, 0.717) is 32.1 Å². The van der Waals surface area contributed by atoms with Gasteiger partial charge in [0.25, 0.3) is 0 Å². The zero-order chi connectivity index (χ0) is 14.1. The number of amides is 2.